The van der Waals surface area contributed by atoms with Crippen LogP contribution in [0.5, 0.6) is 0 Å². The Labute approximate surface area is 122 Å². The molecule has 0 radical (unpaired) electrons. The summed E-state index contributed by atoms with van der Waals surface area (Å²) < 4.78 is 0. The first kappa shape index (κ1) is 15.3. The van der Waals surface area contributed by atoms with E-state index in [1.807, 2.05) is 18.7 Å². The van der Waals surface area contributed by atoms with Crippen molar-refractivity contribution in [3.8, 4) is 0 Å². The van der Waals surface area contributed by atoms with Gasteiger partial charge in [0.05, 0.1) is 0 Å². The van der Waals surface area contributed by atoms with Gasteiger partial charge in [-0.25, -0.2) is 0 Å². The van der Waals surface area contributed by atoms with Crippen molar-refractivity contribution in [3.05, 3.63) is 0 Å². The summed E-state index contributed by atoms with van der Waals surface area (Å²) in [4.78, 5) is 27.5. The van der Waals surface area contributed by atoms with Crippen LogP contribution in [-0.2, 0) is 9.59 Å². The molecule has 0 aromatic rings. The Morgan fingerprint density at radius 2 is 1.80 bits per heavy atom. The van der Waals surface area contributed by atoms with Crippen LogP contribution < -0.4 is 5.32 Å². The maximum atomic E-state index is 13.0. The molecule has 2 fully saturated rings. The predicted molar refractivity (Wildman–Crippen MR) is 79.3 cm³/mol. The Bertz CT molecular complexity index is 388. The maximum Gasteiger partial charge on any atom is 0.249 e. The molecule has 1 saturated carbocycles. The van der Waals surface area contributed by atoms with Gasteiger partial charge in [0.15, 0.2) is 0 Å². The quantitative estimate of drug-likeness (QED) is 0.860. The molecule has 4 heteroatoms. The SMILES string of the molecule is CCCCN1C(=O)C2(CCCCC2)NC(=O)C1(C)CC. The van der Waals surface area contributed by atoms with Gasteiger partial charge in [0.2, 0.25) is 11.8 Å². The summed E-state index contributed by atoms with van der Waals surface area (Å²) in [5.41, 5.74) is -1.27. The van der Waals surface area contributed by atoms with Gasteiger partial charge in [-0.2, -0.15) is 0 Å². The number of carbonyl (C=O) groups is 2. The average Bonchev–Trinajstić information content (AvgIpc) is 2.46. The topological polar surface area (TPSA) is 49.4 Å². The van der Waals surface area contributed by atoms with Gasteiger partial charge in [-0.05, 0) is 32.6 Å². The lowest BCUT2D eigenvalue weighted by atomic mass is 9.75. The summed E-state index contributed by atoms with van der Waals surface area (Å²) in [5, 5.41) is 3.10. The Kier molecular flexibility index (Phi) is 4.40. The van der Waals surface area contributed by atoms with E-state index >= 15 is 0 Å². The summed E-state index contributed by atoms with van der Waals surface area (Å²) in [7, 11) is 0. The van der Waals surface area contributed by atoms with Crippen LogP contribution in [0.15, 0.2) is 0 Å². The third-order valence-electron chi connectivity index (χ3n) is 5.22. The van der Waals surface area contributed by atoms with Gasteiger partial charge in [0.1, 0.15) is 11.1 Å². The molecule has 1 spiro atoms. The number of piperazine rings is 1. The van der Waals surface area contributed by atoms with Gasteiger partial charge in [-0.1, -0.05) is 39.5 Å². The molecule has 1 atom stereocenters. The number of hydrogen-bond donors (Lipinski definition) is 1. The van der Waals surface area contributed by atoms with Gasteiger partial charge in [-0.3, -0.25) is 9.59 Å². The average molecular weight is 280 g/mol. The van der Waals surface area contributed by atoms with Gasteiger partial charge < -0.3 is 10.2 Å². The number of nitrogens with one attached hydrogen (secondary N) is 1. The highest BCUT2D eigenvalue weighted by Gasteiger charge is 2.55. The minimum absolute atomic E-state index is 0.0394. The van der Waals surface area contributed by atoms with Crippen LogP contribution >= 0.6 is 0 Å². The maximum absolute atomic E-state index is 13.0. The number of unbranched alkanes of at least 4 members (excludes halogenated alkanes) is 1. The lowest BCUT2D eigenvalue weighted by Crippen LogP contribution is -2.75. The number of carbonyl (C=O) groups excluding carboxylic acids is 2. The summed E-state index contributed by atoms with van der Waals surface area (Å²) >= 11 is 0. The largest absolute Gasteiger partial charge is 0.340 e. The van der Waals surface area contributed by atoms with Crippen LogP contribution in [0.4, 0.5) is 0 Å². The number of nitrogens with zero attached hydrogens (tertiary/aromatic N) is 1. The minimum atomic E-state index is -0.672. The van der Waals surface area contributed by atoms with E-state index in [9.17, 15) is 9.59 Å². The van der Waals surface area contributed by atoms with Crippen molar-refractivity contribution in [1.82, 2.24) is 10.2 Å². The van der Waals surface area contributed by atoms with E-state index in [-0.39, 0.29) is 11.8 Å². The smallest absolute Gasteiger partial charge is 0.249 e. The molecule has 1 aliphatic carbocycles. The highest BCUT2D eigenvalue weighted by molar-refractivity contribution is 6.02. The fourth-order valence-electron chi connectivity index (χ4n) is 3.52. The van der Waals surface area contributed by atoms with Crippen LogP contribution in [0.3, 0.4) is 0 Å². The minimum Gasteiger partial charge on any atom is -0.340 e. The van der Waals surface area contributed by atoms with Crippen LogP contribution in [0, 0.1) is 0 Å². The van der Waals surface area contributed by atoms with Gasteiger partial charge in [0, 0.05) is 6.54 Å². The van der Waals surface area contributed by atoms with Crippen molar-refractivity contribution in [1.29, 1.82) is 0 Å². The summed E-state index contributed by atoms with van der Waals surface area (Å²) in [6.45, 7) is 6.72. The molecule has 2 aliphatic rings. The molecular formula is C16H28N2O2. The summed E-state index contributed by atoms with van der Waals surface area (Å²) in [6.07, 6.45) is 7.53. The van der Waals surface area contributed by atoms with E-state index in [4.69, 9.17) is 0 Å². The third kappa shape index (κ3) is 2.33. The molecule has 114 valence electrons. The Morgan fingerprint density at radius 3 is 2.35 bits per heavy atom. The zero-order valence-corrected chi connectivity index (χ0v) is 13.1. The Morgan fingerprint density at radius 1 is 1.15 bits per heavy atom. The van der Waals surface area contributed by atoms with Crippen molar-refractivity contribution in [3.63, 3.8) is 0 Å². The second-order valence-electron chi connectivity index (χ2n) is 6.53. The molecule has 20 heavy (non-hydrogen) atoms. The molecule has 2 amide bonds. The molecular weight excluding hydrogens is 252 g/mol. The molecule has 0 bridgehead atoms. The standard InChI is InChI=1S/C16H28N2O2/c1-4-6-12-18-14(20)16(10-8-7-9-11-16)17-13(19)15(18,3)5-2/h4-12H2,1-3H3,(H,17,19). The Balaban J connectivity index is 2.30. The fraction of sp³-hybridized carbons (Fsp3) is 0.875. The van der Waals surface area contributed by atoms with Crippen molar-refractivity contribution < 1.29 is 9.59 Å². The monoisotopic (exact) mass is 280 g/mol. The van der Waals surface area contributed by atoms with Crippen LogP contribution in [0.2, 0.25) is 0 Å². The second kappa shape index (κ2) is 5.74. The normalized spacial score (nSPS) is 29.6. The predicted octanol–water partition coefficient (Wildman–Crippen LogP) is 2.62. The third-order valence-corrected chi connectivity index (χ3v) is 5.22. The second-order valence-corrected chi connectivity index (χ2v) is 6.53. The molecule has 1 unspecified atom stereocenters. The highest BCUT2D eigenvalue weighted by Crippen LogP contribution is 2.37. The van der Waals surface area contributed by atoms with Gasteiger partial charge in [-0.15, -0.1) is 0 Å². The summed E-state index contributed by atoms with van der Waals surface area (Å²) in [6, 6.07) is 0. The van der Waals surface area contributed by atoms with Crippen molar-refractivity contribution in [2.45, 2.75) is 83.2 Å². The van der Waals surface area contributed by atoms with Gasteiger partial charge in [0.25, 0.3) is 0 Å². The molecule has 4 nitrogen and oxygen atoms in total. The van der Waals surface area contributed by atoms with Crippen LogP contribution in [0.25, 0.3) is 0 Å². The zero-order chi connectivity index (χ0) is 14.8. The summed E-state index contributed by atoms with van der Waals surface area (Å²) in [5.74, 6) is 0.201. The zero-order valence-electron chi connectivity index (χ0n) is 13.1. The molecule has 0 aromatic heterocycles. The van der Waals surface area contributed by atoms with E-state index in [0.717, 1.165) is 38.5 Å². The lowest BCUT2D eigenvalue weighted by Gasteiger charge is -2.52. The van der Waals surface area contributed by atoms with Crippen LogP contribution in [-0.4, -0.2) is 34.3 Å². The number of amides is 2. The van der Waals surface area contributed by atoms with E-state index < -0.39 is 11.1 Å². The molecule has 1 N–H and O–H groups in total. The fourth-order valence-corrected chi connectivity index (χ4v) is 3.52. The first-order valence-electron chi connectivity index (χ1n) is 8.15. The van der Waals surface area contributed by atoms with Crippen molar-refractivity contribution in [2.24, 2.45) is 0 Å². The number of rotatable bonds is 4. The molecule has 1 saturated heterocycles. The first-order valence-corrected chi connectivity index (χ1v) is 8.15. The van der Waals surface area contributed by atoms with Crippen LogP contribution in [0.1, 0.15) is 72.1 Å². The first-order chi connectivity index (χ1) is 9.50. The molecule has 0 aromatic carbocycles. The van der Waals surface area contributed by atoms with E-state index in [1.54, 1.807) is 0 Å². The van der Waals surface area contributed by atoms with E-state index in [2.05, 4.69) is 12.2 Å². The van der Waals surface area contributed by atoms with Gasteiger partial charge >= 0.3 is 0 Å². The molecule has 1 aliphatic heterocycles. The Hall–Kier alpha value is -1.06. The lowest BCUT2D eigenvalue weighted by molar-refractivity contribution is -0.164. The van der Waals surface area contributed by atoms with E-state index in [0.29, 0.717) is 13.0 Å². The highest BCUT2D eigenvalue weighted by atomic mass is 16.2. The molecule has 1 heterocycles. The van der Waals surface area contributed by atoms with Crippen molar-refractivity contribution in [2.75, 3.05) is 6.54 Å². The van der Waals surface area contributed by atoms with E-state index in [1.165, 1.54) is 6.42 Å². The number of hydrogen-bond acceptors (Lipinski definition) is 2. The molecule has 2 rings (SSSR count). The van der Waals surface area contributed by atoms with Crippen molar-refractivity contribution >= 4 is 11.8 Å².